The summed E-state index contributed by atoms with van der Waals surface area (Å²) in [5.74, 6) is 1.38. The Morgan fingerprint density at radius 3 is 3.00 bits per heavy atom. The van der Waals surface area contributed by atoms with Crippen LogP contribution in [0.5, 0.6) is 0 Å². The third-order valence-corrected chi connectivity index (χ3v) is 3.03. The summed E-state index contributed by atoms with van der Waals surface area (Å²) in [6, 6.07) is 1.88. The van der Waals surface area contributed by atoms with Gasteiger partial charge in [0.05, 0.1) is 6.54 Å². The lowest BCUT2D eigenvalue weighted by Gasteiger charge is -2.23. The van der Waals surface area contributed by atoms with Gasteiger partial charge in [-0.3, -0.25) is 4.99 Å². The van der Waals surface area contributed by atoms with Crippen LogP contribution in [-0.4, -0.2) is 33.8 Å². The van der Waals surface area contributed by atoms with Crippen molar-refractivity contribution in [3.8, 4) is 6.07 Å². The largest absolute Gasteiger partial charge is 0.370 e. The van der Waals surface area contributed by atoms with E-state index in [-0.39, 0.29) is 29.8 Å². The Morgan fingerprint density at radius 1 is 1.63 bits per heavy atom. The third-order valence-electron chi connectivity index (χ3n) is 3.03. The monoisotopic (exact) mass is 375 g/mol. The molecule has 1 saturated carbocycles. The molecule has 0 amide bonds. The maximum absolute atomic E-state index is 8.57. The number of nitrogens with one attached hydrogen (secondary N) is 1. The number of nitrogens with two attached hydrogens (primary N) is 1. The fourth-order valence-electron chi connectivity index (χ4n) is 1.71. The number of rotatable bonds is 5. The molecule has 2 rings (SSSR count). The highest BCUT2D eigenvalue weighted by Crippen LogP contribution is 2.26. The number of guanidine groups is 1. The summed E-state index contributed by atoms with van der Waals surface area (Å²) >= 11 is 0. The van der Waals surface area contributed by atoms with Gasteiger partial charge >= 0.3 is 0 Å². The number of nitrogens with zero attached hydrogens (tertiary/aromatic N) is 5. The van der Waals surface area contributed by atoms with Crippen molar-refractivity contribution in [2.75, 3.05) is 13.1 Å². The second-order valence-electron chi connectivity index (χ2n) is 4.39. The fourth-order valence-corrected chi connectivity index (χ4v) is 1.71. The molecule has 19 heavy (non-hydrogen) atoms. The zero-order valence-electron chi connectivity index (χ0n) is 10.6. The van der Waals surface area contributed by atoms with Gasteiger partial charge in [0.25, 0.3) is 5.82 Å². The van der Waals surface area contributed by atoms with Crippen molar-refractivity contribution in [2.24, 2.45) is 16.6 Å². The molecular weight excluding hydrogens is 357 g/mol. The molecular formula is C11H18IN7. The van der Waals surface area contributed by atoms with Crippen LogP contribution in [0, 0.1) is 17.2 Å². The van der Waals surface area contributed by atoms with Gasteiger partial charge < -0.3 is 11.1 Å². The minimum Gasteiger partial charge on any atom is -0.370 e. The Balaban J connectivity index is 0.00000180. The summed E-state index contributed by atoms with van der Waals surface area (Å²) < 4.78 is 1.60. The normalized spacial score (nSPS) is 15.2. The van der Waals surface area contributed by atoms with Crippen LogP contribution in [-0.2, 0) is 6.54 Å². The molecule has 0 spiro atoms. The van der Waals surface area contributed by atoms with E-state index in [0.29, 0.717) is 19.0 Å². The van der Waals surface area contributed by atoms with Crippen LogP contribution in [0.3, 0.4) is 0 Å². The molecule has 0 aromatic carbocycles. The lowest BCUT2D eigenvalue weighted by molar-refractivity contribution is 0.326. The van der Waals surface area contributed by atoms with Crippen molar-refractivity contribution in [1.29, 1.82) is 5.26 Å². The zero-order chi connectivity index (χ0) is 12.8. The molecule has 1 aromatic rings. The molecule has 0 atom stereocenters. The van der Waals surface area contributed by atoms with Crippen molar-refractivity contribution >= 4 is 29.9 Å². The van der Waals surface area contributed by atoms with Crippen molar-refractivity contribution in [1.82, 2.24) is 20.1 Å². The summed E-state index contributed by atoms with van der Waals surface area (Å²) in [6.07, 6.45) is 5.39. The molecule has 0 unspecified atom stereocenters. The average molecular weight is 375 g/mol. The van der Waals surface area contributed by atoms with Gasteiger partial charge in [-0.15, -0.1) is 29.1 Å². The SMILES string of the molecule is I.N#Cc1ncn(CCNC(N)=NCC2CCC2)n1. The van der Waals surface area contributed by atoms with Crippen LogP contribution in [0.4, 0.5) is 0 Å². The standard InChI is InChI=1S/C11H17N7.HI/c12-6-10-16-8-18(17-10)5-4-14-11(13)15-7-9-2-1-3-9;/h8-9H,1-5,7H2,(H3,13,14,15);1H. The van der Waals surface area contributed by atoms with Crippen LogP contribution >= 0.6 is 24.0 Å². The number of hydrogen-bond acceptors (Lipinski definition) is 4. The molecule has 0 bridgehead atoms. The van der Waals surface area contributed by atoms with E-state index in [9.17, 15) is 0 Å². The molecule has 7 nitrogen and oxygen atoms in total. The van der Waals surface area contributed by atoms with E-state index in [4.69, 9.17) is 11.0 Å². The van der Waals surface area contributed by atoms with Crippen molar-refractivity contribution in [3.05, 3.63) is 12.2 Å². The Morgan fingerprint density at radius 2 is 2.42 bits per heavy atom. The molecule has 1 fully saturated rings. The summed E-state index contributed by atoms with van der Waals surface area (Å²) in [6.45, 7) is 2.04. The number of nitriles is 1. The lowest BCUT2D eigenvalue weighted by Crippen LogP contribution is -2.35. The van der Waals surface area contributed by atoms with E-state index in [0.717, 1.165) is 12.5 Å². The highest BCUT2D eigenvalue weighted by Gasteiger charge is 2.16. The van der Waals surface area contributed by atoms with E-state index in [1.54, 1.807) is 4.68 Å². The Hall–Kier alpha value is -1.37. The summed E-state index contributed by atoms with van der Waals surface area (Å²) in [7, 11) is 0. The molecule has 8 heteroatoms. The smallest absolute Gasteiger partial charge is 0.252 e. The first-order valence-electron chi connectivity index (χ1n) is 6.11. The summed E-state index contributed by atoms with van der Waals surface area (Å²) in [5, 5.41) is 15.5. The van der Waals surface area contributed by atoms with E-state index in [2.05, 4.69) is 20.4 Å². The molecule has 0 radical (unpaired) electrons. The molecule has 1 aliphatic rings. The first kappa shape index (κ1) is 15.7. The van der Waals surface area contributed by atoms with Crippen LogP contribution in [0.15, 0.2) is 11.3 Å². The summed E-state index contributed by atoms with van der Waals surface area (Å²) in [4.78, 5) is 8.10. The van der Waals surface area contributed by atoms with Gasteiger partial charge in [-0.25, -0.2) is 9.67 Å². The first-order valence-corrected chi connectivity index (χ1v) is 6.11. The Bertz CT molecular complexity index is 458. The van der Waals surface area contributed by atoms with E-state index in [1.165, 1.54) is 25.6 Å². The quantitative estimate of drug-likeness (QED) is 0.442. The van der Waals surface area contributed by atoms with Gasteiger partial charge in [0.1, 0.15) is 12.4 Å². The topological polar surface area (TPSA) is 105 Å². The highest BCUT2D eigenvalue weighted by atomic mass is 127. The number of halogens is 1. The van der Waals surface area contributed by atoms with Gasteiger partial charge in [0.15, 0.2) is 5.96 Å². The van der Waals surface area contributed by atoms with Crippen LogP contribution in [0.1, 0.15) is 25.1 Å². The van der Waals surface area contributed by atoms with Crippen molar-refractivity contribution < 1.29 is 0 Å². The fraction of sp³-hybridized carbons (Fsp3) is 0.636. The minimum atomic E-state index is 0. The predicted molar refractivity (Wildman–Crippen MR) is 82.0 cm³/mol. The van der Waals surface area contributed by atoms with E-state index < -0.39 is 0 Å². The zero-order valence-corrected chi connectivity index (χ0v) is 12.9. The van der Waals surface area contributed by atoms with E-state index in [1.807, 2.05) is 6.07 Å². The Kier molecular flexibility index (Phi) is 6.55. The van der Waals surface area contributed by atoms with Gasteiger partial charge in [-0.1, -0.05) is 6.42 Å². The van der Waals surface area contributed by atoms with Gasteiger partial charge in [-0.2, -0.15) is 5.26 Å². The number of aliphatic imine (C=N–C) groups is 1. The van der Waals surface area contributed by atoms with Crippen molar-refractivity contribution in [3.63, 3.8) is 0 Å². The maximum atomic E-state index is 8.57. The van der Waals surface area contributed by atoms with Gasteiger partial charge in [-0.05, 0) is 18.8 Å². The Labute approximate surface area is 129 Å². The van der Waals surface area contributed by atoms with Crippen LogP contribution in [0.2, 0.25) is 0 Å². The number of aromatic nitrogens is 3. The summed E-state index contributed by atoms with van der Waals surface area (Å²) in [5.41, 5.74) is 5.74. The average Bonchev–Trinajstić information content (AvgIpc) is 2.75. The maximum Gasteiger partial charge on any atom is 0.252 e. The third kappa shape index (κ3) is 5.02. The molecule has 104 valence electrons. The number of hydrogen-bond donors (Lipinski definition) is 2. The molecule has 0 aliphatic heterocycles. The predicted octanol–water partition coefficient (Wildman–Crippen LogP) is 0.472. The van der Waals surface area contributed by atoms with Crippen molar-refractivity contribution in [2.45, 2.75) is 25.8 Å². The second-order valence-corrected chi connectivity index (χ2v) is 4.39. The van der Waals surface area contributed by atoms with Crippen LogP contribution in [0.25, 0.3) is 0 Å². The molecule has 1 aliphatic carbocycles. The van der Waals surface area contributed by atoms with Crippen LogP contribution < -0.4 is 11.1 Å². The molecule has 0 saturated heterocycles. The molecule has 1 aromatic heterocycles. The molecule has 1 heterocycles. The van der Waals surface area contributed by atoms with Gasteiger partial charge in [0, 0.05) is 13.1 Å². The first-order chi connectivity index (χ1) is 8.78. The van der Waals surface area contributed by atoms with Gasteiger partial charge in [0.2, 0.25) is 0 Å². The lowest BCUT2D eigenvalue weighted by atomic mass is 9.86. The highest BCUT2D eigenvalue weighted by molar-refractivity contribution is 14.0. The minimum absolute atomic E-state index is 0. The molecule has 3 N–H and O–H groups in total. The second kappa shape index (κ2) is 7.93. The van der Waals surface area contributed by atoms with E-state index >= 15 is 0 Å².